The Kier molecular flexibility index (Phi) is 4.40. The van der Waals surface area contributed by atoms with Crippen LogP contribution >= 0.6 is 0 Å². The van der Waals surface area contributed by atoms with Crippen LogP contribution < -0.4 is 5.73 Å². The van der Waals surface area contributed by atoms with Crippen LogP contribution in [0.2, 0.25) is 0 Å². The van der Waals surface area contributed by atoms with Gasteiger partial charge in [-0.25, -0.2) is 0 Å². The van der Waals surface area contributed by atoms with Crippen molar-refractivity contribution in [3.8, 4) is 0 Å². The van der Waals surface area contributed by atoms with Gasteiger partial charge >= 0.3 is 0 Å². The molecule has 2 unspecified atom stereocenters. The minimum absolute atomic E-state index is 0.404. The molecule has 1 saturated heterocycles. The lowest BCUT2D eigenvalue weighted by Gasteiger charge is -2.48. The van der Waals surface area contributed by atoms with Gasteiger partial charge in [-0.05, 0) is 37.5 Å². The molecule has 1 heterocycles. The molecule has 2 saturated carbocycles. The van der Waals surface area contributed by atoms with Crippen molar-refractivity contribution < 1.29 is 0 Å². The van der Waals surface area contributed by atoms with Crippen molar-refractivity contribution in [1.29, 1.82) is 0 Å². The van der Waals surface area contributed by atoms with Gasteiger partial charge in [0.1, 0.15) is 0 Å². The molecule has 2 atom stereocenters. The smallest absolute Gasteiger partial charge is 0.0253 e. The number of hydrogen-bond acceptors (Lipinski definition) is 3. The molecule has 0 aromatic heterocycles. The predicted molar refractivity (Wildman–Crippen MR) is 84.8 cm³/mol. The number of hydrogen-bond donors (Lipinski definition) is 1. The maximum atomic E-state index is 6.43. The Morgan fingerprint density at radius 1 is 0.900 bits per heavy atom. The molecule has 1 aliphatic heterocycles. The van der Waals surface area contributed by atoms with E-state index in [0.717, 1.165) is 6.04 Å². The highest BCUT2D eigenvalue weighted by Gasteiger charge is 2.38. The highest BCUT2D eigenvalue weighted by atomic mass is 15.3. The quantitative estimate of drug-likeness (QED) is 0.843. The van der Waals surface area contributed by atoms with Gasteiger partial charge in [0.15, 0.2) is 0 Å². The second-order valence-electron chi connectivity index (χ2n) is 8.15. The molecule has 3 nitrogen and oxygen atoms in total. The molecular formula is C17H33N3. The van der Waals surface area contributed by atoms with E-state index < -0.39 is 0 Å². The number of nitrogens with two attached hydrogens (primary N) is 1. The van der Waals surface area contributed by atoms with Gasteiger partial charge in [0.05, 0.1) is 0 Å². The zero-order valence-electron chi connectivity index (χ0n) is 13.5. The van der Waals surface area contributed by atoms with Crippen LogP contribution in [0.1, 0.15) is 58.8 Å². The largest absolute Gasteiger partial charge is 0.326 e. The summed E-state index contributed by atoms with van der Waals surface area (Å²) in [5, 5.41) is 0. The number of rotatable bonds is 2. The fourth-order valence-electron chi connectivity index (χ4n) is 4.67. The summed E-state index contributed by atoms with van der Waals surface area (Å²) in [5.74, 6) is 0. The van der Waals surface area contributed by atoms with Gasteiger partial charge < -0.3 is 5.73 Å². The standard InChI is InChI=1S/C17H33N3/c1-17(2)8-7-15(18)16(13-17)20-11-9-19(10-12-20)14-5-3-4-6-14/h14-16H,3-13,18H2,1-2H3. The molecule has 0 bridgehead atoms. The first-order chi connectivity index (χ1) is 9.55. The summed E-state index contributed by atoms with van der Waals surface area (Å²) in [6.45, 7) is 9.86. The normalized spacial score (nSPS) is 37.4. The third kappa shape index (κ3) is 3.20. The zero-order chi connectivity index (χ0) is 14.2. The topological polar surface area (TPSA) is 32.5 Å². The molecule has 20 heavy (non-hydrogen) atoms. The van der Waals surface area contributed by atoms with Crippen LogP contribution in [0.3, 0.4) is 0 Å². The minimum Gasteiger partial charge on any atom is -0.326 e. The second kappa shape index (κ2) is 5.94. The third-order valence-electron chi connectivity index (χ3n) is 6.07. The molecule has 0 aromatic rings. The van der Waals surface area contributed by atoms with Crippen LogP contribution in [0, 0.1) is 5.41 Å². The first-order valence-corrected chi connectivity index (χ1v) is 8.79. The summed E-state index contributed by atoms with van der Waals surface area (Å²) in [6.07, 6.45) is 9.58. The molecule has 3 fully saturated rings. The van der Waals surface area contributed by atoms with E-state index in [0.29, 0.717) is 17.5 Å². The van der Waals surface area contributed by atoms with Gasteiger partial charge in [0.25, 0.3) is 0 Å². The average Bonchev–Trinajstić information content (AvgIpc) is 2.96. The van der Waals surface area contributed by atoms with Crippen molar-refractivity contribution in [2.45, 2.75) is 76.9 Å². The van der Waals surface area contributed by atoms with E-state index in [1.165, 1.54) is 71.1 Å². The van der Waals surface area contributed by atoms with Crippen LogP contribution in [0.25, 0.3) is 0 Å². The zero-order valence-corrected chi connectivity index (χ0v) is 13.5. The summed E-state index contributed by atoms with van der Waals surface area (Å²) in [7, 11) is 0. The fraction of sp³-hybridized carbons (Fsp3) is 1.00. The molecule has 2 aliphatic carbocycles. The van der Waals surface area contributed by atoms with Crippen molar-refractivity contribution in [1.82, 2.24) is 9.80 Å². The molecule has 0 aromatic carbocycles. The molecule has 3 aliphatic rings. The van der Waals surface area contributed by atoms with Gasteiger partial charge in [0.2, 0.25) is 0 Å². The van der Waals surface area contributed by atoms with Gasteiger partial charge in [-0.3, -0.25) is 9.80 Å². The molecule has 0 radical (unpaired) electrons. The highest BCUT2D eigenvalue weighted by Crippen LogP contribution is 2.37. The lowest BCUT2D eigenvalue weighted by molar-refractivity contribution is 0.0256. The fourth-order valence-corrected chi connectivity index (χ4v) is 4.67. The van der Waals surface area contributed by atoms with Crippen molar-refractivity contribution in [3.05, 3.63) is 0 Å². The number of piperazine rings is 1. The molecule has 2 N–H and O–H groups in total. The van der Waals surface area contributed by atoms with E-state index in [4.69, 9.17) is 5.73 Å². The van der Waals surface area contributed by atoms with Crippen LogP contribution in [0.5, 0.6) is 0 Å². The monoisotopic (exact) mass is 279 g/mol. The van der Waals surface area contributed by atoms with Gasteiger partial charge in [-0.1, -0.05) is 26.7 Å². The maximum absolute atomic E-state index is 6.43. The molecular weight excluding hydrogens is 246 g/mol. The van der Waals surface area contributed by atoms with Gasteiger partial charge in [-0.15, -0.1) is 0 Å². The molecule has 3 rings (SSSR count). The predicted octanol–water partition coefficient (Wildman–Crippen LogP) is 2.45. The molecule has 116 valence electrons. The summed E-state index contributed by atoms with van der Waals surface area (Å²) in [6, 6.07) is 1.93. The van der Waals surface area contributed by atoms with Crippen LogP contribution in [0.15, 0.2) is 0 Å². The Balaban J connectivity index is 1.54. The lowest BCUT2D eigenvalue weighted by Crippen LogP contribution is -2.59. The maximum Gasteiger partial charge on any atom is 0.0253 e. The van der Waals surface area contributed by atoms with E-state index >= 15 is 0 Å². The van der Waals surface area contributed by atoms with Gasteiger partial charge in [-0.2, -0.15) is 0 Å². The summed E-state index contributed by atoms with van der Waals surface area (Å²) in [4.78, 5) is 5.46. The van der Waals surface area contributed by atoms with E-state index in [1.54, 1.807) is 0 Å². The van der Waals surface area contributed by atoms with E-state index in [9.17, 15) is 0 Å². The SMILES string of the molecule is CC1(C)CCC(N)C(N2CCN(C3CCCC3)CC2)C1. The Morgan fingerprint density at radius 2 is 1.50 bits per heavy atom. The van der Waals surface area contributed by atoms with Crippen molar-refractivity contribution >= 4 is 0 Å². The molecule has 0 spiro atoms. The third-order valence-corrected chi connectivity index (χ3v) is 6.07. The Hall–Kier alpha value is -0.120. The van der Waals surface area contributed by atoms with E-state index in [2.05, 4.69) is 23.6 Å². The minimum atomic E-state index is 0.404. The highest BCUT2D eigenvalue weighted by molar-refractivity contribution is 4.95. The van der Waals surface area contributed by atoms with E-state index in [1.807, 2.05) is 0 Å². The first-order valence-electron chi connectivity index (χ1n) is 8.79. The lowest BCUT2D eigenvalue weighted by atomic mass is 9.72. The van der Waals surface area contributed by atoms with Crippen molar-refractivity contribution in [2.75, 3.05) is 26.2 Å². The summed E-state index contributed by atoms with van der Waals surface area (Å²) < 4.78 is 0. The summed E-state index contributed by atoms with van der Waals surface area (Å²) in [5.41, 5.74) is 6.92. The number of nitrogens with zero attached hydrogens (tertiary/aromatic N) is 2. The Labute approximate surface area is 124 Å². The van der Waals surface area contributed by atoms with Gasteiger partial charge in [0, 0.05) is 44.3 Å². The van der Waals surface area contributed by atoms with Crippen LogP contribution in [0.4, 0.5) is 0 Å². The van der Waals surface area contributed by atoms with E-state index in [-0.39, 0.29) is 0 Å². The molecule has 3 heteroatoms. The van der Waals surface area contributed by atoms with Crippen molar-refractivity contribution in [2.24, 2.45) is 11.1 Å². The van der Waals surface area contributed by atoms with Crippen LogP contribution in [-0.2, 0) is 0 Å². The first kappa shape index (κ1) is 14.8. The van der Waals surface area contributed by atoms with Crippen molar-refractivity contribution in [3.63, 3.8) is 0 Å². The van der Waals surface area contributed by atoms with Crippen LogP contribution in [-0.4, -0.2) is 54.1 Å². The Morgan fingerprint density at radius 3 is 2.15 bits per heavy atom. The average molecular weight is 279 g/mol. The second-order valence-corrected chi connectivity index (χ2v) is 8.15. The summed E-state index contributed by atoms with van der Waals surface area (Å²) >= 11 is 0. The Bertz CT molecular complexity index is 314. The molecule has 0 amide bonds.